The summed E-state index contributed by atoms with van der Waals surface area (Å²) in [6, 6.07) is 9.29. The molecular formula is C18H20N4O3S. The number of nitrogens with one attached hydrogen (secondary N) is 1. The summed E-state index contributed by atoms with van der Waals surface area (Å²) in [4.78, 5) is 23.2. The molecule has 4 rings (SSSR count). The van der Waals surface area contributed by atoms with Crippen molar-refractivity contribution in [2.24, 2.45) is 0 Å². The molecule has 2 aliphatic rings. The van der Waals surface area contributed by atoms with Gasteiger partial charge in [0.2, 0.25) is 5.95 Å². The van der Waals surface area contributed by atoms with E-state index in [2.05, 4.69) is 15.3 Å². The summed E-state index contributed by atoms with van der Waals surface area (Å²) in [5, 5.41) is 3.04. The number of fused-ring (bicyclic) bond motifs is 1. The first kappa shape index (κ1) is 17.0. The van der Waals surface area contributed by atoms with Crippen LogP contribution in [-0.2, 0) is 16.3 Å². The highest BCUT2D eigenvalue weighted by atomic mass is 32.2. The van der Waals surface area contributed by atoms with Crippen molar-refractivity contribution >= 4 is 27.4 Å². The quantitative estimate of drug-likeness (QED) is 0.881. The third-order valence-corrected chi connectivity index (χ3v) is 6.56. The normalized spacial score (nSPS) is 21.2. The zero-order valence-electron chi connectivity index (χ0n) is 14.3. The molecule has 1 unspecified atom stereocenters. The average molecular weight is 372 g/mol. The molecule has 1 atom stereocenters. The second-order valence-electron chi connectivity index (χ2n) is 6.70. The Morgan fingerprint density at radius 1 is 1.23 bits per heavy atom. The number of para-hydroxylation sites is 1. The van der Waals surface area contributed by atoms with Crippen molar-refractivity contribution in [3.8, 4) is 0 Å². The standard InChI is InChI=1S/C18H20N4O3S/c23-17(22-10-3-5-13-4-1-2-6-16(13)22)15-7-9-19-18(21-15)20-14-8-11-26(24,25)12-14/h1-2,4,6-7,9,14H,3,5,8,10-12H2,(H,19,20,21). The first-order valence-electron chi connectivity index (χ1n) is 8.72. The van der Waals surface area contributed by atoms with E-state index in [9.17, 15) is 13.2 Å². The maximum absolute atomic E-state index is 13.0. The van der Waals surface area contributed by atoms with Gasteiger partial charge in [-0.1, -0.05) is 18.2 Å². The molecule has 8 heteroatoms. The maximum atomic E-state index is 13.0. The van der Waals surface area contributed by atoms with Crippen molar-refractivity contribution in [2.75, 3.05) is 28.3 Å². The first-order valence-corrected chi connectivity index (χ1v) is 10.5. The predicted molar refractivity (Wildman–Crippen MR) is 99.2 cm³/mol. The van der Waals surface area contributed by atoms with E-state index in [0.717, 1.165) is 24.1 Å². The van der Waals surface area contributed by atoms with Crippen molar-refractivity contribution in [1.82, 2.24) is 9.97 Å². The van der Waals surface area contributed by atoms with Crippen LogP contribution in [-0.4, -0.2) is 48.4 Å². The van der Waals surface area contributed by atoms with Crippen molar-refractivity contribution in [3.63, 3.8) is 0 Å². The second kappa shape index (κ2) is 6.68. The highest BCUT2D eigenvalue weighted by Crippen LogP contribution is 2.28. The van der Waals surface area contributed by atoms with Crippen molar-refractivity contribution in [2.45, 2.75) is 25.3 Å². The van der Waals surface area contributed by atoms with Crippen molar-refractivity contribution in [3.05, 3.63) is 47.8 Å². The third kappa shape index (κ3) is 3.41. The number of carbonyl (C=O) groups is 1. The molecule has 7 nitrogen and oxygen atoms in total. The lowest BCUT2D eigenvalue weighted by Crippen LogP contribution is -2.36. The Hall–Kier alpha value is -2.48. The summed E-state index contributed by atoms with van der Waals surface area (Å²) >= 11 is 0. The van der Waals surface area contributed by atoms with Gasteiger partial charge in [0.25, 0.3) is 5.91 Å². The lowest BCUT2D eigenvalue weighted by atomic mass is 10.0. The van der Waals surface area contributed by atoms with Gasteiger partial charge in [-0.25, -0.2) is 18.4 Å². The number of sulfone groups is 1. The van der Waals surface area contributed by atoms with Crippen molar-refractivity contribution in [1.29, 1.82) is 0 Å². The zero-order valence-corrected chi connectivity index (χ0v) is 15.1. The van der Waals surface area contributed by atoms with E-state index in [1.165, 1.54) is 6.20 Å². The van der Waals surface area contributed by atoms with Crippen molar-refractivity contribution < 1.29 is 13.2 Å². The van der Waals surface area contributed by atoms with Crippen LogP contribution in [0.1, 0.15) is 28.9 Å². The molecule has 1 aromatic carbocycles. The summed E-state index contributed by atoms with van der Waals surface area (Å²) in [6.07, 6.45) is 3.94. The summed E-state index contributed by atoms with van der Waals surface area (Å²) < 4.78 is 23.2. The monoisotopic (exact) mass is 372 g/mol. The van der Waals surface area contributed by atoms with Crippen LogP contribution in [0.15, 0.2) is 36.5 Å². The van der Waals surface area contributed by atoms with Crippen LogP contribution >= 0.6 is 0 Å². The minimum absolute atomic E-state index is 0.0774. The molecule has 1 N–H and O–H groups in total. The van der Waals surface area contributed by atoms with Crippen LogP contribution in [0.5, 0.6) is 0 Å². The fourth-order valence-corrected chi connectivity index (χ4v) is 5.19. The van der Waals surface area contributed by atoms with Crippen LogP contribution in [0, 0.1) is 0 Å². The van der Waals surface area contributed by atoms with Crippen LogP contribution in [0.25, 0.3) is 0 Å². The number of nitrogens with zero attached hydrogens (tertiary/aromatic N) is 3. The number of aryl methyl sites for hydroxylation is 1. The van der Waals surface area contributed by atoms with Gasteiger partial charge in [0, 0.05) is 24.5 Å². The maximum Gasteiger partial charge on any atom is 0.277 e. The zero-order chi connectivity index (χ0) is 18.1. The topological polar surface area (TPSA) is 92.3 Å². The Morgan fingerprint density at radius 2 is 2.08 bits per heavy atom. The Kier molecular flexibility index (Phi) is 4.36. The van der Waals surface area contributed by atoms with Gasteiger partial charge in [-0.15, -0.1) is 0 Å². The van der Waals surface area contributed by atoms with Crippen LogP contribution in [0.3, 0.4) is 0 Å². The minimum Gasteiger partial charge on any atom is -0.350 e. The molecule has 136 valence electrons. The van der Waals surface area contributed by atoms with Gasteiger partial charge in [0.15, 0.2) is 9.84 Å². The lowest BCUT2D eigenvalue weighted by Gasteiger charge is -2.29. The number of hydrogen-bond acceptors (Lipinski definition) is 6. The summed E-state index contributed by atoms with van der Waals surface area (Å²) in [7, 11) is -2.99. The number of hydrogen-bond donors (Lipinski definition) is 1. The number of benzene rings is 1. The molecule has 0 aliphatic carbocycles. The molecule has 1 saturated heterocycles. The lowest BCUT2D eigenvalue weighted by molar-refractivity contribution is 0.0980. The number of carbonyl (C=O) groups excluding carboxylic acids is 1. The summed E-state index contributed by atoms with van der Waals surface area (Å²) in [6.45, 7) is 0.656. The van der Waals surface area contributed by atoms with Gasteiger partial charge in [-0.3, -0.25) is 4.79 Å². The molecule has 2 aliphatic heterocycles. The Labute approximate surface area is 152 Å². The average Bonchev–Trinajstić information content (AvgIpc) is 2.99. The van der Waals surface area contributed by atoms with Gasteiger partial charge in [-0.2, -0.15) is 0 Å². The first-order chi connectivity index (χ1) is 12.5. The summed E-state index contributed by atoms with van der Waals surface area (Å²) in [5.41, 5.74) is 2.40. The summed E-state index contributed by atoms with van der Waals surface area (Å²) in [5.74, 6) is 0.381. The molecule has 26 heavy (non-hydrogen) atoms. The number of rotatable bonds is 3. The van der Waals surface area contributed by atoms with Crippen LogP contribution in [0.2, 0.25) is 0 Å². The van der Waals surface area contributed by atoms with Gasteiger partial charge in [0.1, 0.15) is 5.69 Å². The van der Waals surface area contributed by atoms with E-state index in [1.807, 2.05) is 24.3 Å². The number of aromatic nitrogens is 2. The van der Waals surface area contributed by atoms with Gasteiger partial charge < -0.3 is 10.2 Å². The van der Waals surface area contributed by atoms with E-state index in [1.54, 1.807) is 11.0 Å². The van der Waals surface area contributed by atoms with Gasteiger partial charge >= 0.3 is 0 Å². The number of anilines is 2. The fourth-order valence-electron chi connectivity index (χ4n) is 3.52. The van der Waals surface area contributed by atoms with E-state index in [0.29, 0.717) is 24.6 Å². The molecule has 0 bridgehead atoms. The molecule has 1 amide bonds. The number of amides is 1. The predicted octanol–water partition coefficient (Wildman–Crippen LogP) is 1.67. The highest BCUT2D eigenvalue weighted by Gasteiger charge is 2.29. The van der Waals surface area contributed by atoms with E-state index < -0.39 is 9.84 Å². The van der Waals surface area contributed by atoms with Crippen LogP contribution < -0.4 is 10.2 Å². The Bertz CT molecular complexity index is 945. The van der Waals surface area contributed by atoms with Gasteiger partial charge in [0.05, 0.1) is 11.5 Å². The largest absolute Gasteiger partial charge is 0.350 e. The second-order valence-corrected chi connectivity index (χ2v) is 8.93. The smallest absolute Gasteiger partial charge is 0.277 e. The van der Waals surface area contributed by atoms with E-state index >= 15 is 0 Å². The Morgan fingerprint density at radius 3 is 2.88 bits per heavy atom. The molecule has 0 saturated carbocycles. The molecule has 2 aromatic rings. The molecule has 0 spiro atoms. The molecular weight excluding hydrogens is 352 g/mol. The van der Waals surface area contributed by atoms with Gasteiger partial charge in [-0.05, 0) is 37.0 Å². The molecule has 3 heterocycles. The van der Waals surface area contributed by atoms with E-state index in [4.69, 9.17) is 0 Å². The Balaban J connectivity index is 1.54. The fraction of sp³-hybridized carbons (Fsp3) is 0.389. The molecule has 0 radical (unpaired) electrons. The molecule has 1 aromatic heterocycles. The highest BCUT2D eigenvalue weighted by molar-refractivity contribution is 7.91. The van der Waals surface area contributed by atoms with E-state index in [-0.39, 0.29) is 23.5 Å². The van der Waals surface area contributed by atoms with Crippen LogP contribution in [0.4, 0.5) is 11.6 Å². The molecule has 1 fully saturated rings. The third-order valence-electron chi connectivity index (χ3n) is 4.80. The SMILES string of the molecule is O=C(c1ccnc(NC2CCS(=O)(=O)C2)n1)N1CCCc2ccccc21. The minimum atomic E-state index is -2.99.